The topological polar surface area (TPSA) is 62.2 Å². The van der Waals surface area contributed by atoms with E-state index in [1.54, 1.807) is 6.20 Å². The number of benzene rings is 1. The monoisotopic (exact) mass is 429 g/mol. The van der Waals surface area contributed by atoms with E-state index in [9.17, 15) is 4.79 Å². The summed E-state index contributed by atoms with van der Waals surface area (Å²) in [6.45, 7) is 5.76. The van der Waals surface area contributed by atoms with Gasteiger partial charge in [-0.25, -0.2) is 4.68 Å². The Bertz CT molecular complexity index is 838. The maximum absolute atomic E-state index is 13.1. The summed E-state index contributed by atoms with van der Waals surface area (Å²) in [5, 5.41) is 11.8. The van der Waals surface area contributed by atoms with Crippen LogP contribution in [0.5, 0.6) is 0 Å². The highest BCUT2D eigenvalue weighted by Gasteiger charge is 2.27. The van der Waals surface area contributed by atoms with Gasteiger partial charge in [0.1, 0.15) is 0 Å². The quantitative estimate of drug-likeness (QED) is 0.736. The van der Waals surface area contributed by atoms with Crippen LogP contribution in [0.4, 0.5) is 0 Å². The van der Waals surface area contributed by atoms with E-state index < -0.39 is 0 Å². The van der Waals surface area contributed by atoms with Crippen molar-refractivity contribution in [2.45, 2.75) is 44.4 Å². The van der Waals surface area contributed by atoms with Crippen LogP contribution in [-0.4, -0.2) is 59.9 Å². The van der Waals surface area contributed by atoms with Crippen molar-refractivity contribution in [1.82, 2.24) is 25.3 Å². The van der Waals surface area contributed by atoms with Gasteiger partial charge in [0, 0.05) is 19.0 Å². The molecule has 0 spiro atoms. The number of amides is 1. The molecule has 2 aromatic rings. The van der Waals surface area contributed by atoms with E-state index in [0.29, 0.717) is 17.1 Å². The molecule has 0 saturated carbocycles. The minimum atomic E-state index is -0.0309. The van der Waals surface area contributed by atoms with Crippen LogP contribution in [-0.2, 0) is 0 Å². The van der Waals surface area contributed by atoms with Gasteiger partial charge in [-0.05, 0) is 64.0 Å². The first-order chi connectivity index (χ1) is 14.7. The van der Waals surface area contributed by atoms with E-state index in [2.05, 4.69) is 20.6 Å². The molecule has 2 aliphatic heterocycles. The minimum Gasteiger partial charge on any atom is -0.351 e. The van der Waals surface area contributed by atoms with Gasteiger partial charge in [-0.2, -0.15) is 5.10 Å². The molecule has 162 valence electrons. The van der Waals surface area contributed by atoms with Crippen molar-refractivity contribution in [3.63, 3.8) is 0 Å². The number of piperidine rings is 1. The fraction of sp³-hybridized carbons (Fsp3) is 0.565. The zero-order valence-electron chi connectivity index (χ0n) is 17.6. The molecule has 1 amide bonds. The Labute approximate surface area is 184 Å². The highest BCUT2D eigenvalue weighted by molar-refractivity contribution is 6.32. The van der Waals surface area contributed by atoms with Crippen molar-refractivity contribution in [2.75, 3.05) is 39.3 Å². The molecule has 2 saturated heterocycles. The molecule has 0 aliphatic carbocycles. The molecule has 3 heterocycles. The Morgan fingerprint density at radius 3 is 2.60 bits per heavy atom. The predicted octanol–water partition coefficient (Wildman–Crippen LogP) is 3.60. The largest absolute Gasteiger partial charge is 0.351 e. The third-order valence-corrected chi connectivity index (χ3v) is 6.59. The van der Waals surface area contributed by atoms with E-state index in [0.717, 1.165) is 56.9 Å². The van der Waals surface area contributed by atoms with Crippen LogP contribution < -0.4 is 10.6 Å². The highest BCUT2D eigenvalue weighted by Crippen LogP contribution is 2.32. The van der Waals surface area contributed by atoms with Crippen molar-refractivity contribution in [3.05, 3.63) is 46.7 Å². The van der Waals surface area contributed by atoms with Gasteiger partial charge in [0.2, 0.25) is 0 Å². The number of rotatable bonds is 6. The van der Waals surface area contributed by atoms with Gasteiger partial charge in [-0.1, -0.05) is 36.6 Å². The Morgan fingerprint density at radius 2 is 1.87 bits per heavy atom. The van der Waals surface area contributed by atoms with E-state index in [-0.39, 0.29) is 11.8 Å². The summed E-state index contributed by atoms with van der Waals surface area (Å²) in [4.78, 5) is 15.6. The summed E-state index contributed by atoms with van der Waals surface area (Å²) in [5.74, 6) is 0.257. The molecule has 30 heavy (non-hydrogen) atoms. The summed E-state index contributed by atoms with van der Waals surface area (Å²) >= 11 is 6.46. The number of nitrogens with one attached hydrogen (secondary N) is 2. The SMILES string of the molecule is O=C(NCCN1CCCCCC1)c1cnn(-c2ccccc2Cl)c1C1CCNCC1. The molecule has 1 aromatic heterocycles. The minimum absolute atomic E-state index is 0.0309. The molecule has 2 fully saturated rings. The van der Waals surface area contributed by atoms with Gasteiger partial charge in [-0.3, -0.25) is 4.79 Å². The molecule has 0 atom stereocenters. The van der Waals surface area contributed by atoms with Crippen LogP contribution in [0.15, 0.2) is 30.5 Å². The number of aromatic nitrogens is 2. The first kappa shape index (κ1) is 21.3. The van der Waals surface area contributed by atoms with Crippen molar-refractivity contribution >= 4 is 17.5 Å². The van der Waals surface area contributed by atoms with Gasteiger partial charge in [0.25, 0.3) is 5.91 Å². The molecule has 2 aliphatic rings. The lowest BCUT2D eigenvalue weighted by molar-refractivity contribution is 0.0946. The lowest BCUT2D eigenvalue weighted by Gasteiger charge is -2.25. The van der Waals surface area contributed by atoms with Crippen molar-refractivity contribution < 1.29 is 4.79 Å². The van der Waals surface area contributed by atoms with Crippen LogP contribution in [0.2, 0.25) is 5.02 Å². The smallest absolute Gasteiger partial charge is 0.254 e. The molecular weight excluding hydrogens is 398 g/mol. The second-order valence-corrected chi connectivity index (χ2v) is 8.75. The summed E-state index contributed by atoms with van der Waals surface area (Å²) < 4.78 is 1.88. The third-order valence-electron chi connectivity index (χ3n) is 6.27. The molecular formula is C23H32ClN5O. The van der Waals surface area contributed by atoms with E-state index in [4.69, 9.17) is 11.6 Å². The molecule has 4 rings (SSSR count). The average molecular weight is 430 g/mol. The number of hydrogen-bond acceptors (Lipinski definition) is 4. The number of hydrogen-bond donors (Lipinski definition) is 2. The Kier molecular flexibility index (Phi) is 7.42. The van der Waals surface area contributed by atoms with E-state index >= 15 is 0 Å². The van der Waals surface area contributed by atoms with E-state index in [1.807, 2.05) is 28.9 Å². The van der Waals surface area contributed by atoms with Crippen molar-refractivity contribution in [2.24, 2.45) is 0 Å². The Hall–Kier alpha value is -1.89. The molecule has 0 unspecified atom stereocenters. The maximum atomic E-state index is 13.1. The number of carbonyl (C=O) groups excluding carboxylic acids is 1. The van der Waals surface area contributed by atoms with Crippen LogP contribution in [0, 0.1) is 0 Å². The molecule has 6 nitrogen and oxygen atoms in total. The molecule has 1 aromatic carbocycles. The van der Waals surface area contributed by atoms with Crippen LogP contribution in [0.3, 0.4) is 0 Å². The number of nitrogens with zero attached hydrogens (tertiary/aromatic N) is 3. The van der Waals surface area contributed by atoms with Gasteiger partial charge in [0.05, 0.1) is 28.2 Å². The standard InChI is InChI=1S/C23H32ClN5O/c24-20-7-3-4-8-21(20)29-22(18-9-11-25-12-10-18)19(17-27-29)23(30)26-13-16-28-14-5-1-2-6-15-28/h3-4,7-8,17-18,25H,1-2,5-6,9-16H2,(H,26,30). The number of para-hydroxylation sites is 1. The molecule has 2 N–H and O–H groups in total. The summed E-state index contributed by atoms with van der Waals surface area (Å²) in [5.41, 5.74) is 2.49. The zero-order chi connectivity index (χ0) is 20.8. The third kappa shape index (κ3) is 5.05. The Morgan fingerprint density at radius 1 is 1.13 bits per heavy atom. The molecule has 0 radical (unpaired) electrons. The van der Waals surface area contributed by atoms with Crippen LogP contribution in [0.1, 0.15) is 60.5 Å². The molecule has 7 heteroatoms. The van der Waals surface area contributed by atoms with Crippen LogP contribution >= 0.6 is 11.6 Å². The average Bonchev–Trinajstić information content (AvgIpc) is 3.04. The first-order valence-electron chi connectivity index (χ1n) is 11.3. The number of carbonyl (C=O) groups is 1. The summed E-state index contributed by atoms with van der Waals surface area (Å²) in [7, 11) is 0. The fourth-order valence-electron chi connectivity index (χ4n) is 4.62. The summed E-state index contributed by atoms with van der Waals surface area (Å²) in [6.07, 6.45) is 8.86. The van der Waals surface area contributed by atoms with Crippen molar-refractivity contribution in [1.29, 1.82) is 0 Å². The summed E-state index contributed by atoms with van der Waals surface area (Å²) in [6, 6.07) is 7.69. The van der Waals surface area contributed by atoms with Gasteiger partial charge < -0.3 is 15.5 Å². The fourth-order valence-corrected chi connectivity index (χ4v) is 4.83. The lowest BCUT2D eigenvalue weighted by atomic mass is 9.91. The normalized spacial score (nSPS) is 18.8. The Balaban J connectivity index is 1.51. The predicted molar refractivity (Wildman–Crippen MR) is 121 cm³/mol. The van der Waals surface area contributed by atoms with Gasteiger partial charge in [-0.15, -0.1) is 0 Å². The van der Waals surface area contributed by atoms with E-state index in [1.165, 1.54) is 25.7 Å². The van der Waals surface area contributed by atoms with Gasteiger partial charge in [0.15, 0.2) is 0 Å². The first-order valence-corrected chi connectivity index (χ1v) is 11.7. The second kappa shape index (κ2) is 10.4. The highest BCUT2D eigenvalue weighted by atomic mass is 35.5. The number of likely N-dealkylation sites (tertiary alicyclic amines) is 1. The number of halogens is 1. The maximum Gasteiger partial charge on any atom is 0.254 e. The second-order valence-electron chi connectivity index (χ2n) is 8.34. The van der Waals surface area contributed by atoms with Crippen LogP contribution in [0.25, 0.3) is 5.69 Å². The lowest BCUT2D eigenvalue weighted by Crippen LogP contribution is -2.36. The van der Waals surface area contributed by atoms with Crippen molar-refractivity contribution in [3.8, 4) is 5.69 Å². The zero-order valence-corrected chi connectivity index (χ0v) is 18.3. The molecule has 0 bridgehead atoms. The van der Waals surface area contributed by atoms with Gasteiger partial charge >= 0.3 is 0 Å².